The number of rotatable bonds is 6. The molecule has 5 heteroatoms. The third-order valence-electron chi connectivity index (χ3n) is 3.30. The van der Waals surface area contributed by atoms with Crippen molar-refractivity contribution in [2.75, 3.05) is 20.1 Å². The summed E-state index contributed by atoms with van der Waals surface area (Å²) >= 11 is 0. The highest BCUT2D eigenvalue weighted by Crippen LogP contribution is 2.24. The molecule has 0 fully saturated rings. The minimum absolute atomic E-state index is 0.0908. The Morgan fingerprint density at radius 2 is 2.00 bits per heavy atom. The molecule has 20 heavy (non-hydrogen) atoms. The number of benzene rings is 1. The highest BCUT2D eigenvalue weighted by Gasteiger charge is 2.25. The van der Waals surface area contributed by atoms with Gasteiger partial charge in [0.05, 0.1) is 11.4 Å². The summed E-state index contributed by atoms with van der Waals surface area (Å²) in [6.45, 7) is 6.62. The average Bonchev–Trinajstić information content (AvgIpc) is 2.39. The zero-order chi connectivity index (χ0) is 15.3. The van der Waals surface area contributed by atoms with Gasteiger partial charge >= 0.3 is 0 Å². The maximum atomic E-state index is 12.7. The van der Waals surface area contributed by atoms with Gasteiger partial charge in [0.1, 0.15) is 0 Å². The standard InChI is InChI=1S/C15H22N2O2S/c1-6-8-17(7-2)20(18,19)15-10-14(11-16-5)9-12(3)13(15)4/h1,9-10,16H,7-8,11H2,2-5H3. The Kier molecular flexibility index (Phi) is 5.75. The molecule has 1 N–H and O–H groups in total. The summed E-state index contributed by atoms with van der Waals surface area (Å²) in [5.41, 5.74) is 2.69. The second-order valence-electron chi connectivity index (χ2n) is 4.70. The molecular formula is C15H22N2O2S. The van der Waals surface area contributed by atoms with Crippen LogP contribution in [0.2, 0.25) is 0 Å². The number of aryl methyl sites for hydroxylation is 1. The number of hydrogen-bond donors (Lipinski definition) is 1. The van der Waals surface area contributed by atoms with E-state index in [9.17, 15) is 8.42 Å². The average molecular weight is 294 g/mol. The summed E-state index contributed by atoms with van der Waals surface area (Å²) in [5, 5.41) is 3.04. The van der Waals surface area contributed by atoms with E-state index in [1.54, 1.807) is 13.0 Å². The SMILES string of the molecule is C#CCN(CC)S(=O)(=O)c1cc(CNC)cc(C)c1C. The summed E-state index contributed by atoms with van der Waals surface area (Å²) in [5.74, 6) is 2.40. The van der Waals surface area contributed by atoms with E-state index < -0.39 is 10.0 Å². The lowest BCUT2D eigenvalue weighted by atomic mass is 10.1. The molecular weight excluding hydrogens is 272 g/mol. The van der Waals surface area contributed by atoms with Crippen molar-refractivity contribution in [3.8, 4) is 12.3 Å². The molecule has 4 nitrogen and oxygen atoms in total. The Hall–Kier alpha value is -1.35. The first kappa shape index (κ1) is 16.7. The van der Waals surface area contributed by atoms with Crippen LogP contribution in [-0.4, -0.2) is 32.9 Å². The van der Waals surface area contributed by atoms with Crippen LogP contribution in [0.1, 0.15) is 23.6 Å². The zero-order valence-corrected chi connectivity index (χ0v) is 13.3. The van der Waals surface area contributed by atoms with Gasteiger partial charge in [0, 0.05) is 13.1 Å². The van der Waals surface area contributed by atoms with Crippen molar-refractivity contribution in [1.29, 1.82) is 0 Å². The Balaban J connectivity index is 3.40. The summed E-state index contributed by atoms with van der Waals surface area (Å²) in [4.78, 5) is 0.347. The summed E-state index contributed by atoms with van der Waals surface area (Å²) in [6.07, 6.45) is 5.26. The van der Waals surface area contributed by atoms with Crippen LogP contribution in [-0.2, 0) is 16.6 Å². The fourth-order valence-corrected chi connectivity index (χ4v) is 3.79. The van der Waals surface area contributed by atoms with Crippen LogP contribution in [0.3, 0.4) is 0 Å². The van der Waals surface area contributed by atoms with Gasteiger partial charge in [0.15, 0.2) is 0 Å². The van der Waals surface area contributed by atoms with Crippen LogP contribution >= 0.6 is 0 Å². The van der Waals surface area contributed by atoms with E-state index in [-0.39, 0.29) is 6.54 Å². The third-order valence-corrected chi connectivity index (χ3v) is 5.35. The van der Waals surface area contributed by atoms with E-state index in [0.717, 1.165) is 16.7 Å². The van der Waals surface area contributed by atoms with Crippen LogP contribution in [0.5, 0.6) is 0 Å². The summed E-state index contributed by atoms with van der Waals surface area (Å²) in [6, 6.07) is 3.73. The van der Waals surface area contributed by atoms with Gasteiger partial charge in [-0.05, 0) is 43.7 Å². The molecule has 110 valence electrons. The van der Waals surface area contributed by atoms with Crippen LogP contribution in [0.25, 0.3) is 0 Å². The highest BCUT2D eigenvalue weighted by molar-refractivity contribution is 7.89. The largest absolute Gasteiger partial charge is 0.316 e. The maximum Gasteiger partial charge on any atom is 0.244 e. The van der Waals surface area contributed by atoms with Crippen molar-refractivity contribution in [1.82, 2.24) is 9.62 Å². The molecule has 0 atom stereocenters. The number of sulfonamides is 1. The third kappa shape index (κ3) is 3.40. The van der Waals surface area contributed by atoms with Gasteiger partial charge in [0.25, 0.3) is 0 Å². The van der Waals surface area contributed by atoms with E-state index in [2.05, 4.69) is 11.2 Å². The van der Waals surface area contributed by atoms with E-state index in [0.29, 0.717) is 18.0 Å². The second-order valence-corrected chi connectivity index (χ2v) is 6.61. The Bertz CT molecular complexity index is 615. The Morgan fingerprint density at radius 1 is 1.35 bits per heavy atom. The van der Waals surface area contributed by atoms with E-state index >= 15 is 0 Å². The quantitative estimate of drug-likeness (QED) is 0.812. The smallest absolute Gasteiger partial charge is 0.244 e. The van der Waals surface area contributed by atoms with E-state index in [4.69, 9.17) is 6.42 Å². The maximum absolute atomic E-state index is 12.7. The van der Waals surface area contributed by atoms with Crippen LogP contribution < -0.4 is 5.32 Å². The molecule has 1 aromatic rings. The predicted octanol–water partition coefficient (Wildman–Crippen LogP) is 1.67. The molecule has 0 heterocycles. The molecule has 0 aliphatic rings. The molecule has 1 rings (SSSR count). The normalized spacial score (nSPS) is 11.6. The molecule has 0 bridgehead atoms. The zero-order valence-electron chi connectivity index (χ0n) is 12.5. The molecule has 1 aromatic carbocycles. The molecule has 0 aromatic heterocycles. The molecule has 0 amide bonds. The van der Waals surface area contributed by atoms with Gasteiger partial charge in [-0.25, -0.2) is 8.42 Å². The minimum atomic E-state index is -3.54. The molecule has 0 aliphatic heterocycles. The number of terminal acetylenes is 1. The number of nitrogens with zero attached hydrogens (tertiary/aromatic N) is 1. The van der Waals surface area contributed by atoms with Gasteiger partial charge in [-0.1, -0.05) is 18.9 Å². The van der Waals surface area contributed by atoms with E-state index in [1.165, 1.54) is 4.31 Å². The van der Waals surface area contributed by atoms with Gasteiger partial charge in [0.2, 0.25) is 10.0 Å². The molecule has 0 spiro atoms. The van der Waals surface area contributed by atoms with Crippen molar-refractivity contribution < 1.29 is 8.42 Å². The first-order valence-corrected chi connectivity index (χ1v) is 8.00. The summed E-state index contributed by atoms with van der Waals surface area (Å²) < 4.78 is 26.7. The van der Waals surface area contributed by atoms with Gasteiger partial charge in [-0.3, -0.25) is 0 Å². The molecule has 0 aliphatic carbocycles. The fraction of sp³-hybridized carbons (Fsp3) is 0.467. The van der Waals surface area contributed by atoms with E-state index in [1.807, 2.05) is 27.0 Å². The fourth-order valence-electron chi connectivity index (χ4n) is 2.08. The lowest BCUT2D eigenvalue weighted by Gasteiger charge is -2.20. The highest BCUT2D eigenvalue weighted by atomic mass is 32.2. The predicted molar refractivity (Wildman–Crippen MR) is 81.9 cm³/mol. The molecule has 0 saturated heterocycles. The lowest BCUT2D eigenvalue weighted by molar-refractivity contribution is 0.463. The first-order chi connectivity index (χ1) is 9.38. The summed E-state index contributed by atoms with van der Waals surface area (Å²) in [7, 11) is -1.71. The van der Waals surface area contributed by atoms with Crippen LogP contribution in [0.4, 0.5) is 0 Å². The van der Waals surface area contributed by atoms with Crippen LogP contribution in [0.15, 0.2) is 17.0 Å². The topological polar surface area (TPSA) is 49.4 Å². The minimum Gasteiger partial charge on any atom is -0.316 e. The second kappa shape index (κ2) is 6.89. The van der Waals surface area contributed by atoms with Crippen molar-refractivity contribution in [2.24, 2.45) is 0 Å². The van der Waals surface area contributed by atoms with Crippen molar-refractivity contribution >= 4 is 10.0 Å². The van der Waals surface area contributed by atoms with Crippen molar-refractivity contribution in [2.45, 2.75) is 32.2 Å². The number of nitrogens with one attached hydrogen (secondary N) is 1. The van der Waals surface area contributed by atoms with Crippen molar-refractivity contribution in [3.63, 3.8) is 0 Å². The van der Waals surface area contributed by atoms with Gasteiger partial charge in [-0.2, -0.15) is 4.31 Å². The molecule has 0 radical (unpaired) electrons. The van der Waals surface area contributed by atoms with Crippen molar-refractivity contribution in [3.05, 3.63) is 28.8 Å². The monoisotopic (exact) mass is 294 g/mol. The Labute approximate surface area is 122 Å². The first-order valence-electron chi connectivity index (χ1n) is 6.56. The number of hydrogen-bond acceptors (Lipinski definition) is 3. The molecule has 0 unspecified atom stereocenters. The Morgan fingerprint density at radius 3 is 2.50 bits per heavy atom. The van der Waals surface area contributed by atoms with Gasteiger partial charge < -0.3 is 5.32 Å². The van der Waals surface area contributed by atoms with Gasteiger partial charge in [-0.15, -0.1) is 6.42 Å². The van der Waals surface area contributed by atoms with Crippen LogP contribution in [0, 0.1) is 26.2 Å². The molecule has 0 saturated carbocycles. The lowest BCUT2D eigenvalue weighted by Crippen LogP contribution is -2.32.